The van der Waals surface area contributed by atoms with Crippen LogP contribution >= 0.6 is 0 Å². The molecule has 2 aromatic carbocycles. The number of aryl methyl sites for hydroxylation is 1. The number of aromatic nitrogens is 1. The van der Waals surface area contributed by atoms with Gasteiger partial charge < -0.3 is 9.84 Å². The van der Waals surface area contributed by atoms with Gasteiger partial charge in [0.15, 0.2) is 16.4 Å². The van der Waals surface area contributed by atoms with Crippen molar-refractivity contribution in [1.82, 2.24) is 9.46 Å². The molecule has 11 heteroatoms. The Morgan fingerprint density at radius 3 is 2.38 bits per heavy atom. The highest BCUT2D eigenvalue weighted by atomic mass is 32.2. The summed E-state index contributed by atoms with van der Waals surface area (Å²) < 4.78 is 60.4. The molecule has 8 nitrogen and oxygen atoms in total. The van der Waals surface area contributed by atoms with Gasteiger partial charge in [-0.2, -0.15) is 4.31 Å². The zero-order valence-corrected chi connectivity index (χ0v) is 21.0. The minimum Gasteiger partial charge on any atom is -0.355 e. The normalized spacial score (nSPS) is 15.2. The molecule has 1 aromatic heterocycles. The zero-order valence-electron chi connectivity index (χ0n) is 20.2. The molecule has 0 unspecified atom stereocenters. The summed E-state index contributed by atoms with van der Waals surface area (Å²) in [6.07, 6.45) is 3.19. The van der Waals surface area contributed by atoms with Crippen molar-refractivity contribution in [3.05, 3.63) is 76.7 Å². The van der Waals surface area contributed by atoms with Gasteiger partial charge in [-0.15, -0.1) is 0 Å². The number of carbonyl (C=O) groups is 2. The third-order valence-corrected chi connectivity index (χ3v) is 8.25. The van der Waals surface area contributed by atoms with Gasteiger partial charge in [-0.3, -0.25) is 9.59 Å². The van der Waals surface area contributed by atoms with Crippen molar-refractivity contribution in [2.24, 2.45) is 5.92 Å². The lowest BCUT2D eigenvalue weighted by Crippen LogP contribution is -2.41. The highest BCUT2D eigenvalue weighted by Crippen LogP contribution is 2.30. The molecular formula is C26H25F2N3O5S. The Bertz CT molecular complexity index is 1460. The van der Waals surface area contributed by atoms with Gasteiger partial charge in [0.05, 0.1) is 0 Å². The summed E-state index contributed by atoms with van der Waals surface area (Å²) in [4.78, 5) is 24.0. The van der Waals surface area contributed by atoms with Crippen LogP contribution in [0.3, 0.4) is 0 Å². The lowest BCUT2D eigenvalue weighted by molar-refractivity contribution is -0.120. The van der Waals surface area contributed by atoms with Crippen molar-refractivity contribution >= 4 is 39.6 Å². The van der Waals surface area contributed by atoms with Crippen LogP contribution in [-0.4, -0.2) is 42.7 Å². The van der Waals surface area contributed by atoms with Crippen LogP contribution in [0.25, 0.3) is 12.2 Å². The molecule has 1 N–H and O–H groups in total. The number of benzene rings is 2. The van der Waals surface area contributed by atoms with E-state index >= 15 is 0 Å². The molecule has 3 aromatic rings. The highest BCUT2D eigenvalue weighted by molar-refractivity contribution is 7.89. The van der Waals surface area contributed by atoms with Crippen LogP contribution in [0, 0.1) is 24.5 Å². The maximum absolute atomic E-state index is 14.0. The van der Waals surface area contributed by atoms with Crippen LogP contribution in [0.4, 0.5) is 14.5 Å². The predicted octanol–water partition coefficient (Wildman–Crippen LogP) is 4.67. The summed E-state index contributed by atoms with van der Waals surface area (Å²) in [7, 11) is -4.01. The van der Waals surface area contributed by atoms with Crippen molar-refractivity contribution in [1.29, 1.82) is 0 Å². The number of nitrogens with zero attached hydrogens (tertiary/aromatic N) is 2. The minimum absolute atomic E-state index is 0.0570. The number of hydrogen-bond donors (Lipinski definition) is 1. The summed E-state index contributed by atoms with van der Waals surface area (Å²) >= 11 is 0. The molecule has 0 spiro atoms. The predicted molar refractivity (Wildman–Crippen MR) is 133 cm³/mol. The van der Waals surface area contributed by atoms with E-state index in [-0.39, 0.29) is 52.6 Å². The van der Waals surface area contributed by atoms with Gasteiger partial charge in [0.25, 0.3) is 0 Å². The first-order valence-corrected chi connectivity index (χ1v) is 13.0. The number of rotatable bonds is 7. The molecule has 4 rings (SSSR count). The molecule has 1 saturated heterocycles. The number of nitrogens with one attached hydrogen (secondary N) is 1. The van der Waals surface area contributed by atoms with E-state index in [1.165, 1.54) is 36.4 Å². The highest BCUT2D eigenvalue weighted by Gasteiger charge is 2.36. The fourth-order valence-corrected chi connectivity index (χ4v) is 5.84. The van der Waals surface area contributed by atoms with Crippen molar-refractivity contribution in [2.45, 2.75) is 31.6 Å². The van der Waals surface area contributed by atoms with Crippen LogP contribution in [-0.2, 0) is 14.8 Å². The van der Waals surface area contributed by atoms with Gasteiger partial charge in [0, 0.05) is 41.9 Å². The second-order valence-corrected chi connectivity index (χ2v) is 10.6. The average Bonchev–Trinajstić information content (AvgIpc) is 3.25. The fourth-order valence-electron chi connectivity index (χ4n) is 4.12. The SMILES string of the molecule is CC(=O)c1ccc(NC(=O)C2CCN(S(=O)(=O)c3c(C)noc3C=Cc3ccc(F)cc3F)CC2)cc1. The van der Waals surface area contributed by atoms with E-state index in [9.17, 15) is 26.8 Å². The Labute approximate surface area is 213 Å². The van der Waals surface area contributed by atoms with E-state index in [1.54, 1.807) is 24.3 Å². The molecular weight excluding hydrogens is 504 g/mol. The Kier molecular flexibility index (Phi) is 7.65. The van der Waals surface area contributed by atoms with Crippen LogP contribution in [0.15, 0.2) is 51.9 Å². The van der Waals surface area contributed by atoms with E-state index in [0.717, 1.165) is 12.1 Å². The standard InChI is InChI=1S/C26H25F2N3O5S/c1-16-25(24(36-30-16)10-6-19-3-7-21(27)15-23(19)28)37(34,35)31-13-11-20(12-14-31)26(33)29-22-8-4-18(5-9-22)17(2)32/h3-10,15,20H,11-14H2,1-2H3,(H,29,33). The number of anilines is 1. The smallest absolute Gasteiger partial charge is 0.248 e. The molecule has 1 aliphatic rings. The van der Waals surface area contributed by atoms with Crippen molar-refractivity contribution in [3.8, 4) is 0 Å². The minimum atomic E-state index is -4.01. The Hall–Kier alpha value is -3.70. The fraction of sp³-hybridized carbons (Fsp3) is 0.269. The Balaban J connectivity index is 1.43. The first-order chi connectivity index (χ1) is 17.6. The van der Waals surface area contributed by atoms with Crippen molar-refractivity contribution < 1.29 is 31.3 Å². The number of carbonyl (C=O) groups excluding carboxylic acids is 2. The molecule has 1 fully saturated rings. The van der Waals surface area contributed by atoms with E-state index in [2.05, 4.69) is 10.5 Å². The van der Waals surface area contributed by atoms with Crippen LogP contribution in [0.2, 0.25) is 0 Å². The van der Waals surface area contributed by atoms with E-state index in [4.69, 9.17) is 4.52 Å². The number of hydrogen-bond acceptors (Lipinski definition) is 6. The maximum atomic E-state index is 14.0. The molecule has 0 atom stereocenters. The van der Waals surface area contributed by atoms with Gasteiger partial charge >= 0.3 is 0 Å². The Morgan fingerprint density at radius 2 is 1.76 bits per heavy atom. The zero-order chi connectivity index (χ0) is 26.7. The maximum Gasteiger partial charge on any atom is 0.248 e. The largest absolute Gasteiger partial charge is 0.355 e. The van der Waals surface area contributed by atoms with Crippen LogP contribution < -0.4 is 5.32 Å². The molecule has 0 bridgehead atoms. The van der Waals surface area contributed by atoms with Crippen molar-refractivity contribution in [2.75, 3.05) is 18.4 Å². The summed E-state index contributed by atoms with van der Waals surface area (Å²) in [5, 5.41) is 6.57. The Morgan fingerprint density at radius 1 is 1.08 bits per heavy atom. The van der Waals surface area contributed by atoms with Gasteiger partial charge in [0.1, 0.15) is 17.3 Å². The third kappa shape index (κ3) is 5.83. The van der Waals surface area contributed by atoms with Gasteiger partial charge in [-0.25, -0.2) is 17.2 Å². The first kappa shape index (κ1) is 26.4. The summed E-state index contributed by atoms with van der Waals surface area (Å²) in [5.74, 6) is -2.28. The first-order valence-electron chi connectivity index (χ1n) is 11.6. The number of piperidine rings is 1. The van der Waals surface area contributed by atoms with Gasteiger partial charge in [-0.1, -0.05) is 5.16 Å². The summed E-state index contributed by atoms with van der Waals surface area (Å²) in [6, 6.07) is 9.60. The quantitative estimate of drug-likeness (QED) is 0.446. The average molecular weight is 530 g/mol. The number of amides is 1. The molecule has 0 aliphatic carbocycles. The molecule has 1 aliphatic heterocycles. The molecule has 1 amide bonds. The second kappa shape index (κ2) is 10.7. The number of Topliss-reactive ketones (excluding diaryl/α,β-unsaturated/α-hetero) is 1. The van der Waals surface area contributed by atoms with Crippen molar-refractivity contribution in [3.63, 3.8) is 0 Å². The molecule has 2 heterocycles. The third-order valence-electron chi connectivity index (χ3n) is 6.19. The van der Waals surface area contributed by atoms with Gasteiger partial charge in [0.2, 0.25) is 15.9 Å². The van der Waals surface area contributed by atoms with Crippen LogP contribution in [0.5, 0.6) is 0 Å². The lowest BCUT2D eigenvalue weighted by atomic mass is 9.97. The summed E-state index contributed by atoms with van der Waals surface area (Å²) in [6.45, 7) is 3.18. The monoisotopic (exact) mass is 529 g/mol. The lowest BCUT2D eigenvalue weighted by Gasteiger charge is -2.30. The summed E-state index contributed by atoms with van der Waals surface area (Å²) in [5.41, 5.74) is 1.30. The molecule has 0 radical (unpaired) electrons. The second-order valence-electron chi connectivity index (χ2n) is 8.76. The number of ketones is 1. The van der Waals surface area contributed by atoms with E-state index < -0.39 is 21.7 Å². The molecule has 37 heavy (non-hydrogen) atoms. The van der Waals surface area contributed by atoms with Crippen LogP contribution in [0.1, 0.15) is 47.1 Å². The van der Waals surface area contributed by atoms with Gasteiger partial charge in [-0.05, 0) is 75.2 Å². The topological polar surface area (TPSA) is 110 Å². The number of sulfonamides is 1. The molecule has 194 valence electrons. The molecule has 0 saturated carbocycles. The van der Waals surface area contributed by atoms with E-state index in [0.29, 0.717) is 24.1 Å². The number of halogens is 2. The van der Waals surface area contributed by atoms with E-state index in [1.807, 2.05) is 0 Å².